The summed E-state index contributed by atoms with van der Waals surface area (Å²) in [5.41, 5.74) is 1.46. The normalized spacial score (nSPS) is 26.7. The molecule has 25 heavy (non-hydrogen) atoms. The van der Waals surface area contributed by atoms with E-state index in [1.54, 1.807) is 6.07 Å². The van der Waals surface area contributed by atoms with E-state index < -0.39 is 5.72 Å². The number of hydrogen-bond donors (Lipinski definition) is 0. The zero-order chi connectivity index (χ0) is 17.4. The maximum atomic E-state index is 11.6. The fourth-order valence-corrected chi connectivity index (χ4v) is 4.73. The molecule has 1 aliphatic carbocycles. The third-order valence-electron chi connectivity index (χ3n) is 5.69. The maximum absolute atomic E-state index is 11.6. The van der Waals surface area contributed by atoms with Gasteiger partial charge < -0.3 is 4.74 Å². The number of ether oxygens (including phenoxy) is 1. The minimum absolute atomic E-state index is 0.0300. The molecule has 5 nitrogen and oxygen atoms in total. The van der Waals surface area contributed by atoms with Crippen LogP contribution in [0.15, 0.2) is 17.7 Å². The third-order valence-corrected chi connectivity index (χ3v) is 5.91. The molecule has 2 heterocycles. The number of rotatable bonds is 2. The van der Waals surface area contributed by atoms with Gasteiger partial charge in [0.15, 0.2) is 5.72 Å². The number of hydrogen-bond acceptors (Lipinski definition) is 4. The van der Waals surface area contributed by atoms with Crippen molar-refractivity contribution in [3.8, 4) is 5.75 Å². The number of nitro benzene ring substituents is 1. The van der Waals surface area contributed by atoms with E-state index in [0.717, 1.165) is 57.2 Å². The number of halogens is 1. The Morgan fingerprint density at radius 3 is 2.60 bits per heavy atom. The summed E-state index contributed by atoms with van der Waals surface area (Å²) in [5.74, 6) is 0.379. The lowest BCUT2D eigenvalue weighted by atomic mass is 9.82. The molecule has 1 aromatic rings. The molecule has 0 spiro atoms. The van der Waals surface area contributed by atoms with Crippen molar-refractivity contribution < 1.29 is 9.66 Å². The van der Waals surface area contributed by atoms with Gasteiger partial charge in [0.05, 0.1) is 4.92 Å². The lowest BCUT2D eigenvalue weighted by molar-refractivity contribution is -0.386. The average molecular weight is 363 g/mol. The van der Waals surface area contributed by atoms with Crippen LogP contribution in [0.4, 0.5) is 5.69 Å². The monoisotopic (exact) mass is 362 g/mol. The first-order valence-corrected chi connectivity index (χ1v) is 9.61. The molecule has 2 fully saturated rings. The summed E-state index contributed by atoms with van der Waals surface area (Å²) in [5, 5.41) is 11.9. The molecule has 1 saturated heterocycles. The predicted molar refractivity (Wildman–Crippen MR) is 98.0 cm³/mol. The van der Waals surface area contributed by atoms with Gasteiger partial charge in [-0.05, 0) is 49.8 Å². The fraction of sp³-hybridized carbons (Fsp3) is 0.579. The van der Waals surface area contributed by atoms with Crippen LogP contribution in [0.2, 0.25) is 5.02 Å². The summed E-state index contributed by atoms with van der Waals surface area (Å²) in [6.07, 6.45) is 11.0. The molecule has 1 aromatic carbocycles. The quantitative estimate of drug-likeness (QED) is 0.538. The van der Waals surface area contributed by atoms with E-state index >= 15 is 0 Å². The summed E-state index contributed by atoms with van der Waals surface area (Å²) in [7, 11) is 0. The molecule has 2 aliphatic heterocycles. The molecular weight excluding hydrogens is 340 g/mol. The summed E-state index contributed by atoms with van der Waals surface area (Å²) in [6, 6.07) is 3.18. The van der Waals surface area contributed by atoms with Crippen molar-refractivity contribution in [2.45, 2.75) is 57.1 Å². The Bertz CT molecular complexity index is 726. The van der Waals surface area contributed by atoms with Crippen molar-refractivity contribution in [2.24, 2.45) is 0 Å². The topological polar surface area (TPSA) is 55.6 Å². The Kier molecular flexibility index (Phi) is 4.46. The zero-order valence-corrected chi connectivity index (χ0v) is 15.1. The van der Waals surface area contributed by atoms with E-state index in [-0.39, 0.29) is 10.6 Å². The molecule has 0 radical (unpaired) electrons. The second-order valence-corrected chi connectivity index (χ2v) is 7.70. The molecule has 0 bridgehead atoms. The van der Waals surface area contributed by atoms with E-state index in [1.165, 1.54) is 24.5 Å². The first kappa shape index (κ1) is 16.9. The van der Waals surface area contributed by atoms with E-state index in [0.29, 0.717) is 10.8 Å². The van der Waals surface area contributed by atoms with Gasteiger partial charge in [0.1, 0.15) is 0 Å². The maximum Gasteiger partial charge on any atom is 0.313 e. The summed E-state index contributed by atoms with van der Waals surface area (Å²) in [6.45, 7) is 1.99. The second-order valence-electron chi connectivity index (χ2n) is 7.26. The van der Waals surface area contributed by atoms with Crippen LogP contribution in [0.1, 0.15) is 56.9 Å². The van der Waals surface area contributed by atoms with Crippen molar-refractivity contribution in [1.82, 2.24) is 4.90 Å². The zero-order valence-electron chi connectivity index (χ0n) is 14.3. The summed E-state index contributed by atoms with van der Waals surface area (Å²) >= 11 is 6.11. The molecule has 1 saturated carbocycles. The standard InChI is InChI=1S/C19H23ClN2O3/c20-16-12-14-11-15-7-3-4-8-19(15,21-9-5-1-2-6-10-21)25-18(14)17(13-16)22(23)24/h11-13H,1-10H2. The highest BCUT2D eigenvalue weighted by molar-refractivity contribution is 6.31. The van der Waals surface area contributed by atoms with Crippen molar-refractivity contribution in [3.63, 3.8) is 0 Å². The van der Waals surface area contributed by atoms with Crippen molar-refractivity contribution >= 4 is 23.4 Å². The fourth-order valence-electron chi connectivity index (χ4n) is 4.51. The van der Waals surface area contributed by atoms with Gasteiger partial charge in [-0.1, -0.05) is 24.4 Å². The van der Waals surface area contributed by atoms with Gasteiger partial charge in [-0.15, -0.1) is 0 Å². The number of nitrogens with zero attached hydrogens (tertiary/aromatic N) is 2. The Morgan fingerprint density at radius 2 is 1.88 bits per heavy atom. The molecule has 134 valence electrons. The van der Waals surface area contributed by atoms with Gasteiger partial charge in [0, 0.05) is 36.2 Å². The van der Waals surface area contributed by atoms with Gasteiger partial charge in [-0.25, -0.2) is 0 Å². The summed E-state index contributed by atoms with van der Waals surface area (Å²) < 4.78 is 6.52. The van der Waals surface area contributed by atoms with Gasteiger partial charge >= 0.3 is 5.69 Å². The van der Waals surface area contributed by atoms with Gasteiger partial charge in [-0.3, -0.25) is 15.0 Å². The highest BCUT2D eigenvalue weighted by Gasteiger charge is 2.47. The predicted octanol–water partition coefficient (Wildman–Crippen LogP) is 5.17. The van der Waals surface area contributed by atoms with Crippen molar-refractivity contribution in [1.29, 1.82) is 0 Å². The first-order chi connectivity index (χ1) is 12.1. The first-order valence-electron chi connectivity index (χ1n) is 9.23. The lowest BCUT2D eigenvalue weighted by Crippen LogP contribution is -2.57. The number of benzene rings is 1. The largest absolute Gasteiger partial charge is 0.461 e. The van der Waals surface area contributed by atoms with Crippen LogP contribution in [0, 0.1) is 10.1 Å². The van der Waals surface area contributed by atoms with Gasteiger partial charge in [0.2, 0.25) is 5.75 Å². The molecule has 6 heteroatoms. The molecule has 1 atom stereocenters. The number of fused-ring (bicyclic) bond motifs is 2. The van der Waals surface area contributed by atoms with E-state index in [9.17, 15) is 10.1 Å². The van der Waals surface area contributed by atoms with Crippen molar-refractivity contribution in [2.75, 3.05) is 13.1 Å². The highest BCUT2D eigenvalue weighted by Crippen LogP contribution is 2.49. The van der Waals surface area contributed by atoms with Gasteiger partial charge in [-0.2, -0.15) is 0 Å². The summed E-state index contributed by atoms with van der Waals surface area (Å²) in [4.78, 5) is 13.6. The minimum atomic E-state index is -0.506. The van der Waals surface area contributed by atoms with Crippen LogP contribution < -0.4 is 4.74 Å². The van der Waals surface area contributed by atoms with Crippen LogP contribution in [0.3, 0.4) is 0 Å². The van der Waals surface area contributed by atoms with Crippen LogP contribution in [0.5, 0.6) is 5.75 Å². The minimum Gasteiger partial charge on any atom is -0.461 e. The average Bonchev–Trinajstić information content (AvgIpc) is 2.89. The molecule has 0 amide bonds. The van der Waals surface area contributed by atoms with Crippen LogP contribution in [-0.4, -0.2) is 28.6 Å². The Labute approximate surface area is 152 Å². The van der Waals surface area contributed by atoms with Gasteiger partial charge in [0.25, 0.3) is 0 Å². The number of likely N-dealkylation sites (tertiary alicyclic amines) is 1. The van der Waals surface area contributed by atoms with E-state index in [1.807, 2.05) is 0 Å². The molecule has 3 aliphatic rings. The van der Waals surface area contributed by atoms with Crippen LogP contribution >= 0.6 is 11.6 Å². The highest BCUT2D eigenvalue weighted by atomic mass is 35.5. The Hall–Kier alpha value is -1.59. The SMILES string of the molecule is O=[N+]([O-])c1cc(Cl)cc2c1OC1(N3CCCCCC3)CCCCC1=C2. The second kappa shape index (κ2) is 6.61. The number of nitro groups is 1. The van der Waals surface area contributed by atoms with Crippen LogP contribution in [-0.2, 0) is 0 Å². The molecule has 0 N–H and O–H groups in total. The Balaban J connectivity index is 1.82. The van der Waals surface area contributed by atoms with Crippen LogP contribution in [0.25, 0.3) is 6.08 Å². The smallest absolute Gasteiger partial charge is 0.313 e. The van der Waals surface area contributed by atoms with E-state index in [4.69, 9.17) is 16.3 Å². The third kappa shape index (κ3) is 2.93. The molecule has 4 rings (SSSR count). The van der Waals surface area contributed by atoms with E-state index in [2.05, 4.69) is 11.0 Å². The Morgan fingerprint density at radius 1 is 1.12 bits per heavy atom. The molecule has 0 aromatic heterocycles. The van der Waals surface area contributed by atoms with Crippen molar-refractivity contribution in [3.05, 3.63) is 38.4 Å². The molecular formula is C19H23ClN2O3. The lowest BCUT2D eigenvalue weighted by Gasteiger charge is -2.49. The molecule has 1 unspecified atom stereocenters.